The molecule has 1 heterocycles. The van der Waals surface area contributed by atoms with Crippen LogP contribution in [-0.4, -0.2) is 16.9 Å². The Morgan fingerprint density at radius 2 is 2.24 bits per heavy atom. The first-order valence-corrected chi connectivity index (χ1v) is 5.45. The zero-order chi connectivity index (χ0) is 13.0. The fourth-order valence-corrected chi connectivity index (χ4v) is 1.57. The first kappa shape index (κ1) is 13.3. The van der Waals surface area contributed by atoms with Crippen LogP contribution >= 0.6 is 11.6 Å². The summed E-state index contributed by atoms with van der Waals surface area (Å²) < 4.78 is 0. The Hall–Kier alpha value is -1.80. The molecule has 90 valence electrons. The van der Waals surface area contributed by atoms with Crippen molar-refractivity contribution in [1.82, 2.24) is 4.98 Å². The van der Waals surface area contributed by atoms with Crippen LogP contribution < -0.4 is 11.1 Å². The molecule has 6 heteroatoms. The van der Waals surface area contributed by atoms with Gasteiger partial charge in [0.05, 0.1) is 11.6 Å². The van der Waals surface area contributed by atoms with Crippen molar-refractivity contribution in [3.8, 4) is 6.07 Å². The van der Waals surface area contributed by atoms with Crippen molar-refractivity contribution in [2.24, 2.45) is 11.7 Å². The van der Waals surface area contributed by atoms with Gasteiger partial charge in [-0.3, -0.25) is 4.79 Å². The van der Waals surface area contributed by atoms with Gasteiger partial charge in [-0.05, 0) is 18.1 Å². The molecular formula is C11H13ClN4O. The van der Waals surface area contributed by atoms with Gasteiger partial charge in [0.25, 0.3) is 0 Å². The number of primary amides is 1. The van der Waals surface area contributed by atoms with Gasteiger partial charge < -0.3 is 11.1 Å². The minimum Gasteiger partial charge on any atom is -0.368 e. The average molecular weight is 253 g/mol. The van der Waals surface area contributed by atoms with Gasteiger partial charge in [-0.1, -0.05) is 25.4 Å². The van der Waals surface area contributed by atoms with E-state index in [9.17, 15) is 4.79 Å². The van der Waals surface area contributed by atoms with E-state index in [1.54, 1.807) is 0 Å². The molecule has 1 rings (SSSR count). The summed E-state index contributed by atoms with van der Waals surface area (Å²) in [5.74, 6) is -0.0920. The Kier molecular flexibility index (Phi) is 4.30. The molecule has 0 fully saturated rings. The molecule has 0 aliphatic rings. The Bertz CT molecular complexity index is 467. The molecule has 0 bridgehead atoms. The van der Waals surface area contributed by atoms with Gasteiger partial charge in [-0.25, -0.2) is 4.98 Å². The van der Waals surface area contributed by atoms with Crippen LogP contribution in [0.2, 0.25) is 5.15 Å². The summed E-state index contributed by atoms with van der Waals surface area (Å²) in [6.45, 7) is 3.72. The Labute approximate surface area is 105 Å². The van der Waals surface area contributed by atoms with Crippen molar-refractivity contribution in [3.05, 3.63) is 22.8 Å². The third-order valence-corrected chi connectivity index (χ3v) is 2.39. The zero-order valence-electron chi connectivity index (χ0n) is 9.57. The predicted octanol–water partition coefficient (Wildman–Crippen LogP) is 1.53. The van der Waals surface area contributed by atoms with Gasteiger partial charge in [0, 0.05) is 0 Å². The van der Waals surface area contributed by atoms with Crippen molar-refractivity contribution in [3.63, 3.8) is 0 Å². The van der Waals surface area contributed by atoms with Gasteiger partial charge in [-0.15, -0.1) is 0 Å². The molecule has 0 radical (unpaired) electrons. The van der Waals surface area contributed by atoms with Crippen molar-refractivity contribution in [2.75, 3.05) is 5.32 Å². The number of nitrogens with zero attached hydrogens (tertiary/aromatic N) is 2. The number of aromatic nitrogens is 1. The lowest BCUT2D eigenvalue weighted by Crippen LogP contribution is -2.39. The molecule has 0 saturated carbocycles. The fraction of sp³-hybridized carbons (Fsp3) is 0.364. The van der Waals surface area contributed by atoms with Gasteiger partial charge in [-0.2, -0.15) is 5.26 Å². The van der Waals surface area contributed by atoms with E-state index in [1.165, 1.54) is 12.1 Å². The van der Waals surface area contributed by atoms with Crippen LogP contribution in [0.15, 0.2) is 12.1 Å². The molecule has 0 aliphatic carbocycles. The number of rotatable bonds is 4. The highest BCUT2D eigenvalue weighted by Crippen LogP contribution is 2.16. The molecule has 5 nitrogen and oxygen atoms in total. The maximum Gasteiger partial charge on any atom is 0.240 e. The molecule has 0 aromatic carbocycles. The first-order valence-electron chi connectivity index (χ1n) is 5.07. The minimum absolute atomic E-state index is 0.0128. The number of nitrogens with two attached hydrogens (primary N) is 1. The quantitative estimate of drug-likeness (QED) is 0.795. The lowest BCUT2D eigenvalue weighted by atomic mass is 10.0. The summed E-state index contributed by atoms with van der Waals surface area (Å²) in [5, 5.41) is 11.8. The van der Waals surface area contributed by atoms with Crippen LogP contribution in [-0.2, 0) is 4.79 Å². The molecule has 0 aliphatic heterocycles. The molecular weight excluding hydrogens is 240 g/mol. The Morgan fingerprint density at radius 3 is 2.71 bits per heavy atom. The van der Waals surface area contributed by atoms with Gasteiger partial charge in [0.2, 0.25) is 5.91 Å². The molecule has 1 unspecified atom stereocenters. The summed E-state index contributed by atoms with van der Waals surface area (Å²) in [5.41, 5.74) is 5.64. The normalized spacial score (nSPS) is 11.9. The number of hydrogen-bond acceptors (Lipinski definition) is 4. The topological polar surface area (TPSA) is 91.8 Å². The SMILES string of the molecule is CC(C)C(Nc1cc(C#N)cc(Cl)n1)C(N)=O. The molecule has 1 aromatic heterocycles. The number of pyridine rings is 1. The maximum absolute atomic E-state index is 11.2. The van der Waals surface area contributed by atoms with E-state index in [2.05, 4.69) is 10.3 Å². The summed E-state index contributed by atoms with van der Waals surface area (Å²) in [4.78, 5) is 15.2. The lowest BCUT2D eigenvalue weighted by Gasteiger charge is -2.19. The summed E-state index contributed by atoms with van der Waals surface area (Å²) >= 11 is 5.75. The number of halogens is 1. The van der Waals surface area contributed by atoms with E-state index >= 15 is 0 Å². The average Bonchev–Trinajstić information content (AvgIpc) is 2.24. The highest BCUT2D eigenvalue weighted by molar-refractivity contribution is 6.29. The van der Waals surface area contributed by atoms with Crippen molar-refractivity contribution >= 4 is 23.3 Å². The summed E-state index contributed by atoms with van der Waals surface area (Å²) in [7, 11) is 0. The number of nitrogens with one attached hydrogen (secondary N) is 1. The molecule has 0 saturated heterocycles. The van der Waals surface area contributed by atoms with E-state index < -0.39 is 11.9 Å². The Morgan fingerprint density at radius 1 is 1.59 bits per heavy atom. The third-order valence-electron chi connectivity index (χ3n) is 2.20. The van der Waals surface area contributed by atoms with Crippen molar-refractivity contribution < 1.29 is 4.79 Å². The standard InChI is InChI=1S/C11H13ClN4O/c1-6(2)10(11(14)17)16-9-4-7(5-13)3-8(12)15-9/h3-4,6,10H,1-2H3,(H2,14,17)(H,15,16). The molecule has 1 atom stereocenters. The number of anilines is 1. The number of nitriles is 1. The molecule has 1 aromatic rings. The first-order chi connectivity index (χ1) is 7.93. The summed E-state index contributed by atoms with van der Waals surface area (Å²) in [6.07, 6.45) is 0. The lowest BCUT2D eigenvalue weighted by molar-refractivity contribution is -0.119. The highest BCUT2D eigenvalue weighted by Gasteiger charge is 2.19. The van der Waals surface area contributed by atoms with Crippen molar-refractivity contribution in [1.29, 1.82) is 5.26 Å². The van der Waals surface area contributed by atoms with Crippen LogP contribution in [0.4, 0.5) is 5.82 Å². The van der Waals surface area contributed by atoms with Crippen LogP contribution in [0.25, 0.3) is 0 Å². The van der Waals surface area contributed by atoms with Crippen LogP contribution in [0.5, 0.6) is 0 Å². The maximum atomic E-state index is 11.2. The number of carbonyl (C=O) groups excluding carboxylic acids is 1. The van der Waals surface area contributed by atoms with Crippen LogP contribution in [0.1, 0.15) is 19.4 Å². The van der Waals surface area contributed by atoms with Gasteiger partial charge in [0.15, 0.2) is 0 Å². The monoisotopic (exact) mass is 252 g/mol. The fourth-order valence-electron chi connectivity index (χ4n) is 1.36. The second-order valence-electron chi connectivity index (χ2n) is 3.94. The smallest absolute Gasteiger partial charge is 0.240 e. The molecule has 1 amide bonds. The number of amides is 1. The van der Waals surface area contributed by atoms with E-state index in [4.69, 9.17) is 22.6 Å². The minimum atomic E-state index is -0.549. The van der Waals surface area contributed by atoms with Gasteiger partial charge >= 0.3 is 0 Å². The number of carbonyl (C=O) groups is 1. The van der Waals surface area contributed by atoms with E-state index in [0.717, 1.165) is 0 Å². The van der Waals surface area contributed by atoms with Gasteiger partial charge in [0.1, 0.15) is 17.0 Å². The zero-order valence-corrected chi connectivity index (χ0v) is 10.3. The van der Waals surface area contributed by atoms with E-state index in [0.29, 0.717) is 11.4 Å². The largest absolute Gasteiger partial charge is 0.368 e. The Balaban J connectivity index is 2.98. The highest BCUT2D eigenvalue weighted by atomic mass is 35.5. The van der Waals surface area contributed by atoms with Crippen molar-refractivity contribution in [2.45, 2.75) is 19.9 Å². The second kappa shape index (κ2) is 5.51. The second-order valence-corrected chi connectivity index (χ2v) is 4.33. The number of hydrogen-bond donors (Lipinski definition) is 2. The molecule has 3 N–H and O–H groups in total. The van der Waals surface area contributed by atoms with E-state index in [1.807, 2.05) is 19.9 Å². The third kappa shape index (κ3) is 3.61. The van der Waals surface area contributed by atoms with Crippen LogP contribution in [0.3, 0.4) is 0 Å². The predicted molar refractivity (Wildman–Crippen MR) is 65.4 cm³/mol. The summed E-state index contributed by atoms with van der Waals surface area (Å²) in [6, 6.07) is 4.37. The van der Waals surface area contributed by atoms with Crippen LogP contribution in [0, 0.1) is 17.2 Å². The molecule has 0 spiro atoms. The van der Waals surface area contributed by atoms with E-state index in [-0.39, 0.29) is 11.1 Å². The molecule has 17 heavy (non-hydrogen) atoms.